The number of carbonyl (C=O) groups excluding carboxylic acids is 2. The van der Waals surface area contributed by atoms with E-state index in [1.54, 1.807) is 4.90 Å². The van der Waals surface area contributed by atoms with Gasteiger partial charge in [0, 0.05) is 44.5 Å². The number of carbonyl (C=O) groups is 2. The molecule has 8 heteroatoms. The highest BCUT2D eigenvalue weighted by molar-refractivity contribution is 5.83. The summed E-state index contributed by atoms with van der Waals surface area (Å²) in [5.41, 5.74) is 5.01. The second kappa shape index (κ2) is 7.96. The zero-order valence-corrected chi connectivity index (χ0v) is 13.9. The number of nitrogens with zero attached hydrogens (tertiary/aromatic N) is 4. The van der Waals surface area contributed by atoms with Gasteiger partial charge >= 0.3 is 6.03 Å². The summed E-state index contributed by atoms with van der Waals surface area (Å²) >= 11 is 0. The van der Waals surface area contributed by atoms with Crippen LogP contribution in [-0.4, -0.2) is 71.6 Å². The fourth-order valence-electron chi connectivity index (χ4n) is 2.87. The molecule has 1 saturated heterocycles. The van der Waals surface area contributed by atoms with Crippen molar-refractivity contribution in [2.45, 2.75) is 25.3 Å². The maximum Gasteiger partial charge on any atom is 0.312 e. The number of primary amides is 1. The van der Waals surface area contributed by atoms with Gasteiger partial charge in [0.05, 0.1) is 6.54 Å². The molecule has 0 unspecified atom stereocenters. The lowest BCUT2D eigenvalue weighted by Crippen LogP contribution is -2.45. The molecule has 0 radical (unpaired) electrons. The van der Waals surface area contributed by atoms with Crippen molar-refractivity contribution in [3.63, 3.8) is 0 Å². The summed E-state index contributed by atoms with van der Waals surface area (Å²) in [5.74, 6) is 1.17. The van der Waals surface area contributed by atoms with Crippen molar-refractivity contribution in [1.82, 2.24) is 24.7 Å². The minimum atomic E-state index is -0.675. The molecule has 128 valence electrons. The Bertz CT molecular complexity index is 542. The van der Waals surface area contributed by atoms with Crippen molar-refractivity contribution in [2.24, 2.45) is 5.73 Å². The van der Waals surface area contributed by atoms with Gasteiger partial charge in [-0.3, -0.25) is 4.79 Å². The molecule has 0 spiro atoms. The van der Waals surface area contributed by atoms with Gasteiger partial charge in [0.1, 0.15) is 5.82 Å². The van der Waals surface area contributed by atoms with Crippen molar-refractivity contribution in [1.29, 1.82) is 0 Å². The second-order valence-electron chi connectivity index (χ2n) is 6.18. The summed E-state index contributed by atoms with van der Waals surface area (Å²) in [6.07, 6.45) is 5.77. The fourth-order valence-corrected chi connectivity index (χ4v) is 2.87. The van der Waals surface area contributed by atoms with E-state index in [0.29, 0.717) is 13.1 Å². The van der Waals surface area contributed by atoms with E-state index >= 15 is 0 Å². The molecule has 0 aromatic carbocycles. The van der Waals surface area contributed by atoms with Crippen LogP contribution in [0.25, 0.3) is 0 Å². The molecule has 0 bridgehead atoms. The molecule has 1 aromatic rings. The molecule has 3 amide bonds. The average molecular weight is 322 g/mol. The van der Waals surface area contributed by atoms with Crippen LogP contribution < -0.4 is 11.1 Å². The van der Waals surface area contributed by atoms with Crippen molar-refractivity contribution in [3.8, 4) is 0 Å². The van der Waals surface area contributed by atoms with Crippen LogP contribution in [0.15, 0.2) is 12.4 Å². The third-order valence-electron chi connectivity index (χ3n) is 4.09. The number of urea groups is 1. The van der Waals surface area contributed by atoms with E-state index < -0.39 is 6.03 Å². The van der Waals surface area contributed by atoms with Crippen LogP contribution in [0.3, 0.4) is 0 Å². The third-order valence-corrected chi connectivity index (χ3v) is 4.09. The molecule has 23 heavy (non-hydrogen) atoms. The molecular formula is C15H26N6O2. The SMILES string of the molecule is CN(C)CCn1ccnc1[C@@H]1CCCN(C(=O)CNC(N)=O)C1. The Balaban J connectivity index is 1.97. The highest BCUT2D eigenvalue weighted by Crippen LogP contribution is 2.25. The van der Waals surface area contributed by atoms with Crippen LogP contribution in [0.5, 0.6) is 0 Å². The first-order chi connectivity index (χ1) is 11.0. The van der Waals surface area contributed by atoms with Gasteiger partial charge in [-0.2, -0.15) is 0 Å². The van der Waals surface area contributed by atoms with Crippen LogP contribution >= 0.6 is 0 Å². The highest BCUT2D eigenvalue weighted by atomic mass is 16.2. The lowest BCUT2D eigenvalue weighted by molar-refractivity contribution is -0.131. The minimum absolute atomic E-state index is 0.0445. The lowest BCUT2D eigenvalue weighted by atomic mass is 9.97. The van der Waals surface area contributed by atoms with Crippen LogP contribution in [-0.2, 0) is 11.3 Å². The fraction of sp³-hybridized carbons (Fsp3) is 0.667. The maximum atomic E-state index is 12.1. The predicted molar refractivity (Wildman–Crippen MR) is 86.9 cm³/mol. The topological polar surface area (TPSA) is 96.5 Å². The monoisotopic (exact) mass is 322 g/mol. The number of rotatable bonds is 6. The predicted octanol–water partition coefficient (Wildman–Crippen LogP) is -0.181. The summed E-state index contributed by atoms with van der Waals surface area (Å²) < 4.78 is 2.17. The molecule has 1 atom stereocenters. The van der Waals surface area contributed by atoms with Gasteiger partial charge in [-0.05, 0) is 26.9 Å². The first kappa shape index (κ1) is 17.3. The van der Waals surface area contributed by atoms with Gasteiger partial charge in [0.25, 0.3) is 0 Å². The van der Waals surface area contributed by atoms with Gasteiger partial charge in [0.2, 0.25) is 5.91 Å². The number of hydrogen-bond donors (Lipinski definition) is 2. The Kier molecular flexibility index (Phi) is 5.97. The molecule has 3 N–H and O–H groups in total. The molecule has 1 aliphatic heterocycles. The summed E-state index contributed by atoms with van der Waals surface area (Å²) in [6, 6.07) is -0.675. The molecule has 0 saturated carbocycles. The summed E-state index contributed by atoms with van der Waals surface area (Å²) in [6.45, 7) is 3.14. The number of likely N-dealkylation sites (N-methyl/N-ethyl adjacent to an activating group) is 1. The van der Waals surface area contributed by atoms with E-state index in [2.05, 4.69) is 19.8 Å². The minimum Gasteiger partial charge on any atom is -0.352 e. The molecule has 1 aromatic heterocycles. The summed E-state index contributed by atoms with van der Waals surface area (Å²) in [7, 11) is 4.09. The number of nitrogens with one attached hydrogen (secondary N) is 1. The van der Waals surface area contributed by atoms with E-state index in [9.17, 15) is 9.59 Å². The number of amides is 3. The van der Waals surface area contributed by atoms with E-state index in [-0.39, 0.29) is 18.4 Å². The number of likely N-dealkylation sites (tertiary alicyclic amines) is 1. The summed E-state index contributed by atoms with van der Waals surface area (Å²) in [4.78, 5) is 31.3. The van der Waals surface area contributed by atoms with Gasteiger partial charge in [-0.1, -0.05) is 0 Å². The number of piperidine rings is 1. The van der Waals surface area contributed by atoms with Crippen LogP contribution in [0.4, 0.5) is 4.79 Å². The largest absolute Gasteiger partial charge is 0.352 e. The van der Waals surface area contributed by atoms with Gasteiger partial charge in [-0.25, -0.2) is 9.78 Å². The zero-order chi connectivity index (χ0) is 16.8. The van der Waals surface area contributed by atoms with E-state index in [0.717, 1.165) is 31.8 Å². The van der Waals surface area contributed by atoms with Gasteiger partial charge < -0.3 is 25.4 Å². The quantitative estimate of drug-likeness (QED) is 0.759. The third kappa shape index (κ3) is 4.95. The molecule has 2 rings (SSSR count). The highest BCUT2D eigenvalue weighted by Gasteiger charge is 2.27. The first-order valence-electron chi connectivity index (χ1n) is 7.94. The van der Waals surface area contributed by atoms with E-state index in [1.165, 1.54) is 0 Å². The normalized spacial score (nSPS) is 18.2. The van der Waals surface area contributed by atoms with Crippen LogP contribution in [0.2, 0.25) is 0 Å². The smallest absolute Gasteiger partial charge is 0.312 e. The van der Waals surface area contributed by atoms with E-state index in [1.807, 2.05) is 26.5 Å². The molecule has 1 aliphatic rings. The number of imidazole rings is 1. The van der Waals surface area contributed by atoms with Crippen molar-refractivity contribution >= 4 is 11.9 Å². The maximum absolute atomic E-state index is 12.1. The van der Waals surface area contributed by atoms with Crippen molar-refractivity contribution in [3.05, 3.63) is 18.2 Å². The first-order valence-corrected chi connectivity index (χ1v) is 7.94. The van der Waals surface area contributed by atoms with Gasteiger partial charge in [-0.15, -0.1) is 0 Å². The van der Waals surface area contributed by atoms with Gasteiger partial charge in [0.15, 0.2) is 0 Å². The Labute approximate surface area is 136 Å². The van der Waals surface area contributed by atoms with Crippen molar-refractivity contribution in [2.75, 3.05) is 40.3 Å². The molecule has 0 aliphatic carbocycles. The summed E-state index contributed by atoms with van der Waals surface area (Å²) in [5, 5.41) is 2.36. The molecule has 8 nitrogen and oxygen atoms in total. The molecular weight excluding hydrogens is 296 g/mol. The zero-order valence-electron chi connectivity index (χ0n) is 13.9. The number of hydrogen-bond acceptors (Lipinski definition) is 4. The standard InChI is InChI=1S/C15H26N6O2/c1-19(2)8-9-20-7-5-17-14(20)12-4-3-6-21(11-12)13(22)10-18-15(16)23/h5,7,12H,3-4,6,8-11H2,1-2H3,(H3,16,18,23)/t12-/m1/s1. The van der Waals surface area contributed by atoms with Crippen LogP contribution in [0.1, 0.15) is 24.6 Å². The Morgan fingerprint density at radius 1 is 1.48 bits per heavy atom. The number of nitrogens with two attached hydrogens (primary N) is 1. The second-order valence-corrected chi connectivity index (χ2v) is 6.18. The lowest BCUT2D eigenvalue weighted by Gasteiger charge is -2.32. The number of aromatic nitrogens is 2. The van der Waals surface area contributed by atoms with Crippen molar-refractivity contribution < 1.29 is 9.59 Å². The molecule has 1 fully saturated rings. The Morgan fingerprint density at radius 3 is 2.96 bits per heavy atom. The Hall–Kier alpha value is -2.09. The average Bonchev–Trinajstić information content (AvgIpc) is 2.99. The Morgan fingerprint density at radius 2 is 2.26 bits per heavy atom. The van der Waals surface area contributed by atoms with E-state index in [4.69, 9.17) is 5.73 Å². The van der Waals surface area contributed by atoms with Crippen LogP contribution in [0, 0.1) is 0 Å². The molecule has 2 heterocycles.